The third-order valence-corrected chi connectivity index (χ3v) is 2.28. The highest BCUT2D eigenvalue weighted by Gasteiger charge is 2.12. The summed E-state index contributed by atoms with van der Waals surface area (Å²) >= 11 is 5.79. The number of nitrogen functional groups attached to an aromatic ring is 1. The number of aliphatic hydroxyl groups is 1. The van der Waals surface area contributed by atoms with Crippen molar-refractivity contribution >= 4 is 23.1 Å². The van der Waals surface area contributed by atoms with Crippen LogP contribution < -0.4 is 10.6 Å². The predicted molar refractivity (Wildman–Crippen MR) is 61.0 cm³/mol. The second-order valence-corrected chi connectivity index (χ2v) is 3.47. The van der Waals surface area contributed by atoms with Crippen molar-refractivity contribution < 1.29 is 5.11 Å². The molecule has 0 fully saturated rings. The van der Waals surface area contributed by atoms with Crippen molar-refractivity contribution in [1.29, 1.82) is 0 Å². The fourth-order valence-electron chi connectivity index (χ4n) is 1.33. The van der Waals surface area contributed by atoms with Crippen molar-refractivity contribution in [3.05, 3.63) is 11.5 Å². The molecule has 0 saturated heterocycles. The summed E-state index contributed by atoms with van der Waals surface area (Å²) in [5.74, 6) is 0.589. The Morgan fingerprint density at radius 3 is 2.80 bits per heavy atom. The zero-order valence-electron chi connectivity index (χ0n) is 8.65. The van der Waals surface area contributed by atoms with Crippen LogP contribution in [0.25, 0.3) is 0 Å². The van der Waals surface area contributed by atoms with E-state index in [1.54, 1.807) is 0 Å². The largest absolute Gasteiger partial charge is 0.395 e. The SMILES string of the molecule is CCCN(CCO)c1ncnc(Cl)c1N. The molecule has 0 atom stereocenters. The molecule has 84 valence electrons. The van der Waals surface area contributed by atoms with E-state index in [0.717, 1.165) is 13.0 Å². The number of anilines is 2. The minimum atomic E-state index is 0.0566. The Hall–Kier alpha value is -1.07. The predicted octanol–water partition coefficient (Wildman–Crippen LogP) is 0.921. The molecule has 0 aromatic carbocycles. The number of nitrogens with two attached hydrogens (primary N) is 1. The average molecular weight is 231 g/mol. The van der Waals surface area contributed by atoms with Gasteiger partial charge >= 0.3 is 0 Å². The Kier molecular flexibility index (Phi) is 4.58. The molecule has 15 heavy (non-hydrogen) atoms. The summed E-state index contributed by atoms with van der Waals surface area (Å²) in [6.45, 7) is 3.37. The Labute approximate surface area is 93.9 Å². The average Bonchev–Trinajstić information content (AvgIpc) is 2.22. The van der Waals surface area contributed by atoms with E-state index in [1.165, 1.54) is 6.33 Å². The molecule has 1 rings (SSSR count). The quantitative estimate of drug-likeness (QED) is 0.736. The summed E-state index contributed by atoms with van der Waals surface area (Å²) in [7, 11) is 0. The van der Waals surface area contributed by atoms with Gasteiger partial charge in [-0.1, -0.05) is 18.5 Å². The fourth-order valence-corrected chi connectivity index (χ4v) is 1.46. The van der Waals surface area contributed by atoms with E-state index in [-0.39, 0.29) is 11.8 Å². The molecule has 3 N–H and O–H groups in total. The van der Waals surface area contributed by atoms with Gasteiger partial charge in [0.25, 0.3) is 0 Å². The lowest BCUT2D eigenvalue weighted by Gasteiger charge is -2.23. The molecule has 0 amide bonds. The van der Waals surface area contributed by atoms with Crippen molar-refractivity contribution in [3.8, 4) is 0 Å². The molecule has 0 aliphatic carbocycles. The first-order chi connectivity index (χ1) is 7.20. The van der Waals surface area contributed by atoms with E-state index >= 15 is 0 Å². The van der Waals surface area contributed by atoms with Crippen LogP contribution in [0.4, 0.5) is 11.5 Å². The Balaban J connectivity index is 2.94. The maximum atomic E-state index is 8.93. The van der Waals surface area contributed by atoms with Crippen LogP contribution in [-0.4, -0.2) is 34.8 Å². The van der Waals surface area contributed by atoms with Gasteiger partial charge in [-0.25, -0.2) is 9.97 Å². The van der Waals surface area contributed by atoms with Gasteiger partial charge in [-0.15, -0.1) is 0 Å². The van der Waals surface area contributed by atoms with Gasteiger partial charge < -0.3 is 15.7 Å². The summed E-state index contributed by atoms with van der Waals surface area (Å²) in [5, 5.41) is 9.18. The van der Waals surface area contributed by atoms with Gasteiger partial charge in [-0.2, -0.15) is 0 Å². The summed E-state index contributed by atoms with van der Waals surface area (Å²) in [5.41, 5.74) is 6.13. The second-order valence-electron chi connectivity index (χ2n) is 3.11. The lowest BCUT2D eigenvalue weighted by Crippen LogP contribution is -2.29. The molecular weight excluding hydrogens is 216 g/mol. The highest BCUT2D eigenvalue weighted by Crippen LogP contribution is 2.25. The monoisotopic (exact) mass is 230 g/mol. The van der Waals surface area contributed by atoms with Gasteiger partial charge in [-0.3, -0.25) is 0 Å². The van der Waals surface area contributed by atoms with E-state index in [0.29, 0.717) is 18.1 Å². The van der Waals surface area contributed by atoms with E-state index < -0.39 is 0 Å². The van der Waals surface area contributed by atoms with E-state index in [4.69, 9.17) is 22.4 Å². The smallest absolute Gasteiger partial charge is 0.157 e. The standard InChI is InChI=1S/C9H15ClN4O/c1-2-3-14(4-5-15)9-7(11)8(10)12-6-13-9/h6,15H,2-5,11H2,1H3. The van der Waals surface area contributed by atoms with Gasteiger partial charge in [0.1, 0.15) is 12.0 Å². The maximum absolute atomic E-state index is 8.93. The molecular formula is C9H15ClN4O. The van der Waals surface area contributed by atoms with E-state index in [1.807, 2.05) is 11.8 Å². The topological polar surface area (TPSA) is 75.3 Å². The van der Waals surface area contributed by atoms with Crippen LogP contribution in [0.5, 0.6) is 0 Å². The third-order valence-electron chi connectivity index (χ3n) is 1.98. The van der Waals surface area contributed by atoms with Crippen LogP contribution in [0.1, 0.15) is 13.3 Å². The molecule has 6 heteroatoms. The van der Waals surface area contributed by atoms with Gasteiger partial charge in [0.15, 0.2) is 11.0 Å². The number of aliphatic hydroxyl groups excluding tert-OH is 1. The van der Waals surface area contributed by atoms with Gasteiger partial charge in [0, 0.05) is 13.1 Å². The lowest BCUT2D eigenvalue weighted by atomic mass is 10.3. The second kappa shape index (κ2) is 5.72. The molecule has 0 saturated carbocycles. The molecule has 0 aliphatic rings. The summed E-state index contributed by atoms with van der Waals surface area (Å²) < 4.78 is 0. The van der Waals surface area contributed by atoms with Crippen molar-refractivity contribution in [2.24, 2.45) is 0 Å². The first-order valence-electron chi connectivity index (χ1n) is 4.82. The van der Waals surface area contributed by atoms with Crippen molar-refractivity contribution in [2.75, 3.05) is 30.3 Å². The van der Waals surface area contributed by atoms with Crippen molar-refractivity contribution in [2.45, 2.75) is 13.3 Å². The molecule has 1 heterocycles. The van der Waals surface area contributed by atoms with Crippen LogP contribution in [0.2, 0.25) is 5.15 Å². The maximum Gasteiger partial charge on any atom is 0.157 e. The molecule has 5 nitrogen and oxygen atoms in total. The third kappa shape index (κ3) is 2.94. The van der Waals surface area contributed by atoms with Crippen molar-refractivity contribution in [3.63, 3.8) is 0 Å². The molecule has 0 unspecified atom stereocenters. The fraction of sp³-hybridized carbons (Fsp3) is 0.556. The van der Waals surface area contributed by atoms with Crippen LogP contribution in [0.15, 0.2) is 6.33 Å². The number of hydrogen-bond donors (Lipinski definition) is 2. The zero-order valence-corrected chi connectivity index (χ0v) is 9.41. The molecule has 0 aliphatic heterocycles. The minimum absolute atomic E-state index is 0.0566. The summed E-state index contributed by atoms with van der Waals surface area (Å²) in [4.78, 5) is 9.74. The molecule has 0 radical (unpaired) electrons. The Morgan fingerprint density at radius 1 is 1.47 bits per heavy atom. The highest BCUT2D eigenvalue weighted by atomic mass is 35.5. The number of aromatic nitrogens is 2. The van der Waals surface area contributed by atoms with E-state index in [9.17, 15) is 0 Å². The summed E-state index contributed by atoms with van der Waals surface area (Å²) in [6.07, 6.45) is 2.31. The van der Waals surface area contributed by atoms with Crippen molar-refractivity contribution in [1.82, 2.24) is 9.97 Å². The van der Waals surface area contributed by atoms with Gasteiger partial charge in [0.05, 0.1) is 6.61 Å². The minimum Gasteiger partial charge on any atom is -0.395 e. The molecule has 0 bridgehead atoms. The summed E-state index contributed by atoms with van der Waals surface area (Å²) in [6, 6.07) is 0. The Bertz CT molecular complexity index is 315. The number of halogens is 1. The molecule has 1 aromatic heterocycles. The Morgan fingerprint density at radius 2 is 2.20 bits per heavy atom. The highest BCUT2D eigenvalue weighted by molar-refractivity contribution is 6.32. The number of hydrogen-bond acceptors (Lipinski definition) is 5. The van der Waals surface area contributed by atoms with Crippen LogP contribution in [0.3, 0.4) is 0 Å². The van der Waals surface area contributed by atoms with Crippen LogP contribution in [0, 0.1) is 0 Å². The molecule has 0 spiro atoms. The first-order valence-corrected chi connectivity index (χ1v) is 5.20. The van der Waals surface area contributed by atoms with Gasteiger partial charge in [0.2, 0.25) is 0 Å². The van der Waals surface area contributed by atoms with E-state index in [2.05, 4.69) is 9.97 Å². The number of nitrogens with zero attached hydrogens (tertiary/aromatic N) is 3. The van der Waals surface area contributed by atoms with Crippen LogP contribution >= 0.6 is 11.6 Å². The van der Waals surface area contributed by atoms with Gasteiger partial charge in [-0.05, 0) is 6.42 Å². The molecule has 1 aromatic rings. The lowest BCUT2D eigenvalue weighted by molar-refractivity contribution is 0.301. The first kappa shape index (κ1) is 12.0. The number of rotatable bonds is 5. The normalized spacial score (nSPS) is 10.3. The van der Waals surface area contributed by atoms with Crippen LogP contribution in [-0.2, 0) is 0 Å². The zero-order chi connectivity index (χ0) is 11.3.